The monoisotopic (exact) mass is 302 g/mol. The second-order valence-corrected chi connectivity index (χ2v) is 6.41. The van der Waals surface area contributed by atoms with Gasteiger partial charge in [-0.2, -0.15) is 9.57 Å². The van der Waals surface area contributed by atoms with Crippen molar-refractivity contribution in [1.29, 1.82) is 5.26 Å². The molecule has 108 valence electrons. The van der Waals surface area contributed by atoms with Crippen molar-refractivity contribution in [1.82, 2.24) is 4.31 Å². The van der Waals surface area contributed by atoms with Crippen LogP contribution < -0.4 is 0 Å². The van der Waals surface area contributed by atoms with E-state index in [9.17, 15) is 22.5 Å². The predicted octanol–water partition coefficient (Wildman–Crippen LogP) is 1.27. The summed E-state index contributed by atoms with van der Waals surface area (Å²) in [5.74, 6) is -2.71. The Labute approximate surface area is 115 Å². The molecule has 1 atom stereocenters. The third-order valence-corrected chi connectivity index (χ3v) is 5.31. The summed E-state index contributed by atoms with van der Waals surface area (Å²) in [5.41, 5.74) is -1.39. The average Bonchev–Trinajstić information content (AvgIpc) is 2.90. The van der Waals surface area contributed by atoms with E-state index < -0.39 is 32.1 Å². The van der Waals surface area contributed by atoms with E-state index in [1.54, 1.807) is 0 Å². The van der Waals surface area contributed by atoms with Crippen LogP contribution in [0.4, 0.5) is 8.78 Å². The lowest BCUT2D eigenvalue weighted by atomic mass is 10.0. The summed E-state index contributed by atoms with van der Waals surface area (Å²) >= 11 is 0. The van der Waals surface area contributed by atoms with Gasteiger partial charge in [-0.3, -0.25) is 0 Å². The number of hydrogen-bond donors (Lipinski definition) is 0. The minimum absolute atomic E-state index is 0.101. The first-order valence-electron chi connectivity index (χ1n) is 5.77. The molecular weight excluding hydrogens is 290 g/mol. The van der Waals surface area contributed by atoms with Crippen LogP contribution >= 0.6 is 0 Å². The maximum Gasteiger partial charge on any atom is 0.247 e. The highest BCUT2D eigenvalue weighted by Crippen LogP contribution is 2.31. The molecule has 8 heteroatoms. The van der Waals surface area contributed by atoms with E-state index in [0.717, 1.165) is 29.6 Å². The Balaban J connectivity index is 2.50. The molecular formula is C12H12F2N2O3S. The molecule has 0 unspecified atom stereocenters. The lowest BCUT2D eigenvalue weighted by molar-refractivity contribution is 0.162. The number of sulfonamides is 1. The maximum absolute atomic E-state index is 13.7. The molecule has 1 aromatic carbocycles. The van der Waals surface area contributed by atoms with Gasteiger partial charge in [-0.25, -0.2) is 17.2 Å². The summed E-state index contributed by atoms with van der Waals surface area (Å²) in [6.07, 6.45) is 0.177. The SMILES string of the molecule is CN([C@]1(C#N)CCOC1)S(=O)(=O)c1cccc(F)c1F. The first-order chi connectivity index (χ1) is 9.35. The van der Waals surface area contributed by atoms with Crippen LogP contribution in [0.3, 0.4) is 0 Å². The molecule has 0 amide bonds. The van der Waals surface area contributed by atoms with Crippen molar-refractivity contribution in [2.45, 2.75) is 16.9 Å². The van der Waals surface area contributed by atoms with E-state index in [1.165, 1.54) is 0 Å². The molecule has 1 aromatic rings. The molecule has 0 aromatic heterocycles. The minimum Gasteiger partial charge on any atom is -0.378 e. The van der Waals surface area contributed by atoms with Gasteiger partial charge in [0.15, 0.2) is 11.6 Å². The predicted molar refractivity (Wildman–Crippen MR) is 65.1 cm³/mol. The van der Waals surface area contributed by atoms with Gasteiger partial charge in [0.25, 0.3) is 0 Å². The first kappa shape index (κ1) is 14.8. The fraction of sp³-hybridized carbons (Fsp3) is 0.417. The number of hydrogen-bond acceptors (Lipinski definition) is 4. The van der Waals surface area contributed by atoms with Crippen molar-refractivity contribution < 1.29 is 21.9 Å². The van der Waals surface area contributed by atoms with Gasteiger partial charge < -0.3 is 4.74 Å². The van der Waals surface area contributed by atoms with Crippen molar-refractivity contribution >= 4 is 10.0 Å². The highest BCUT2D eigenvalue weighted by molar-refractivity contribution is 7.89. The number of ether oxygens (including phenoxy) is 1. The third kappa shape index (κ3) is 2.18. The van der Waals surface area contributed by atoms with Gasteiger partial charge in [-0.1, -0.05) is 6.07 Å². The standard InChI is InChI=1S/C12H12F2N2O3S/c1-16(12(7-15)5-6-19-8-12)20(17,18)10-4-2-3-9(13)11(10)14/h2-4H,5-6,8H2,1H3/t12-/m0/s1. The van der Waals surface area contributed by atoms with Gasteiger partial charge >= 0.3 is 0 Å². The fourth-order valence-corrected chi connectivity index (χ4v) is 3.54. The number of halogens is 2. The van der Waals surface area contributed by atoms with E-state index in [0.29, 0.717) is 0 Å². The third-order valence-electron chi connectivity index (χ3n) is 3.37. The van der Waals surface area contributed by atoms with Crippen LogP contribution in [-0.2, 0) is 14.8 Å². The molecule has 0 saturated carbocycles. The van der Waals surface area contributed by atoms with Crippen molar-refractivity contribution in [2.24, 2.45) is 0 Å². The molecule has 1 aliphatic heterocycles. The average molecular weight is 302 g/mol. The van der Waals surface area contributed by atoms with Gasteiger partial charge in [0.2, 0.25) is 10.0 Å². The molecule has 0 radical (unpaired) electrons. The quantitative estimate of drug-likeness (QED) is 0.843. The lowest BCUT2D eigenvalue weighted by Crippen LogP contribution is -2.49. The molecule has 2 rings (SSSR count). The minimum atomic E-state index is -4.33. The molecule has 0 N–H and O–H groups in total. The van der Waals surface area contributed by atoms with E-state index in [2.05, 4.69) is 0 Å². The molecule has 0 spiro atoms. The summed E-state index contributed by atoms with van der Waals surface area (Å²) in [5, 5.41) is 9.22. The van der Waals surface area contributed by atoms with E-state index >= 15 is 0 Å². The Morgan fingerprint density at radius 2 is 2.15 bits per heavy atom. The van der Waals surface area contributed by atoms with Crippen LogP contribution in [0.25, 0.3) is 0 Å². The summed E-state index contributed by atoms with van der Waals surface area (Å²) < 4.78 is 57.4. The molecule has 5 nitrogen and oxygen atoms in total. The zero-order valence-electron chi connectivity index (χ0n) is 10.6. The molecule has 1 heterocycles. The second kappa shape index (κ2) is 5.09. The van der Waals surface area contributed by atoms with Gasteiger partial charge in [0.1, 0.15) is 10.4 Å². The maximum atomic E-state index is 13.7. The van der Waals surface area contributed by atoms with Crippen LogP contribution in [0.1, 0.15) is 6.42 Å². The zero-order valence-corrected chi connectivity index (χ0v) is 11.5. The Kier molecular flexibility index (Phi) is 3.77. The molecule has 1 fully saturated rings. The number of likely N-dealkylation sites (N-methyl/N-ethyl adjacent to an activating group) is 1. The largest absolute Gasteiger partial charge is 0.378 e. The van der Waals surface area contributed by atoms with Crippen LogP contribution in [0, 0.1) is 23.0 Å². The van der Waals surface area contributed by atoms with E-state index in [4.69, 9.17) is 4.74 Å². The van der Waals surface area contributed by atoms with Crippen molar-refractivity contribution in [3.8, 4) is 6.07 Å². The fourth-order valence-electron chi connectivity index (χ4n) is 2.02. The summed E-state index contributed by atoms with van der Waals surface area (Å²) in [6, 6.07) is 4.78. The number of nitriles is 1. The van der Waals surface area contributed by atoms with Crippen molar-refractivity contribution in [3.63, 3.8) is 0 Å². The topological polar surface area (TPSA) is 70.4 Å². The highest BCUT2D eigenvalue weighted by Gasteiger charge is 2.46. The zero-order chi connectivity index (χ0) is 15.0. The second-order valence-electron chi connectivity index (χ2n) is 4.47. The Morgan fingerprint density at radius 1 is 1.45 bits per heavy atom. The van der Waals surface area contributed by atoms with Crippen molar-refractivity contribution in [2.75, 3.05) is 20.3 Å². The lowest BCUT2D eigenvalue weighted by Gasteiger charge is -2.30. The normalized spacial score (nSPS) is 22.9. The summed E-state index contributed by atoms with van der Waals surface area (Å²) in [4.78, 5) is -0.790. The van der Waals surface area contributed by atoms with Crippen LogP contribution in [0.5, 0.6) is 0 Å². The van der Waals surface area contributed by atoms with Crippen LogP contribution in [-0.4, -0.2) is 38.5 Å². The molecule has 1 aliphatic rings. The first-order valence-corrected chi connectivity index (χ1v) is 7.21. The molecule has 1 saturated heterocycles. The highest BCUT2D eigenvalue weighted by atomic mass is 32.2. The van der Waals surface area contributed by atoms with Crippen molar-refractivity contribution in [3.05, 3.63) is 29.8 Å². The Bertz CT molecular complexity index is 664. The number of nitrogens with zero attached hydrogens (tertiary/aromatic N) is 2. The molecule has 0 bridgehead atoms. The summed E-state index contributed by atoms with van der Waals surface area (Å²) in [6.45, 7) is 0.134. The van der Waals surface area contributed by atoms with Gasteiger partial charge in [0, 0.05) is 20.1 Å². The summed E-state index contributed by atoms with van der Waals surface area (Å²) in [7, 11) is -3.17. The number of benzene rings is 1. The Hall–Kier alpha value is -1.56. The smallest absolute Gasteiger partial charge is 0.247 e. The van der Waals surface area contributed by atoms with E-state index in [-0.39, 0.29) is 19.6 Å². The number of rotatable bonds is 3. The van der Waals surface area contributed by atoms with E-state index in [1.807, 2.05) is 6.07 Å². The van der Waals surface area contributed by atoms with Gasteiger partial charge in [-0.05, 0) is 12.1 Å². The van der Waals surface area contributed by atoms with Crippen LogP contribution in [0.2, 0.25) is 0 Å². The van der Waals surface area contributed by atoms with Gasteiger partial charge in [-0.15, -0.1) is 0 Å². The van der Waals surface area contributed by atoms with Crippen LogP contribution in [0.15, 0.2) is 23.1 Å². The molecule has 0 aliphatic carbocycles. The Morgan fingerprint density at radius 3 is 2.70 bits per heavy atom. The molecule has 20 heavy (non-hydrogen) atoms. The van der Waals surface area contributed by atoms with Gasteiger partial charge in [0.05, 0.1) is 12.7 Å².